The van der Waals surface area contributed by atoms with Gasteiger partial charge in [0.15, 0.2) is 0 Å². The minimum absolute atomic E-state index is 0.0955. The second kappa shape index (κ2) is 6.22. The fourth-order valence-electron chi connectivity index (χ4n) is 2.84. The molecule has 5 heteroatoms. The number of nitrogens with one attached hydrogen (secondary N) is 1. The highest BCUT2D eigenvalue weighted by Crippen LogP contribution is 2.37. The van der Waals surface area contributed by atoms with E-state index in [2.05, 4.69) is 24.1 Å². The summed E-state index contributed by atoms with van der Waals surface area (Å²) in [5, 5.41) is 3.34. The van der Waals surface area contributed by atoms with Crippen LogP contribution in [0, 0.1) is 5.41 Å². The van der Waals surface area contributed by atoms with Crippen molar-refractivity contribution in [3.8, 4) is 0 Å². The van der Waals surface area contributed by atoms with E-state index in [1.54, 1.807) is 19.2 Å². The topological polar surface area (TPSA) is 45.2 Å². The molecule has 1 fully saturated rings. The zero-order chi connectivity index (χ0) is 15.6. The molecule has 2 rings (SSSR count). The Bertz CT molecular complexity index is 520. The molecule has 4 nitrogen and oxygen atoms in total. The average molecular weight is 310 g/mol. The summed E-state index contributed by atoms with van der Waals surface area (Å²) >= 11 is 6.14. The first kappa shape index (κ1) is 16.1. The van der Waals surface area contributed by atoms with Crippen LogP contribution in [0.5, 0.6) is 0 Å². The van der Waals surface area contributed by atoms with Gasteiger partial charge in [0, 0.05) is 20.1 Å². The van der Waals surface area contributed by atoms with E-state index in [9.17, 15) is 4.79 Å². The van der Waals surface area contributed by atoms with E-state index < -0.39 is 0 Å². The Morgan fingerprint density at radius 2 is 2.00 bits per heavy atom. The number of nitrogens with zero attached hydrogens (tertiary/aromatic N) is 2. The highest BCUT2D eigenvalue weighted by atomic mass is 35.5. The number of hydrogen-bond acceptors (Lipinski definition) is 3. The fourth-order valence-corrected chi connectivity index (χ4v) is 3.02. The van der Waals surface area contributed by atoms with Gasteiger partial charge in [0.25, 0.3) is 5.91 Å². The van der Waals surface area contributed by atoms with E-state index in [0.29, 0.717) is 21.9 Å². The van der Waals surface area contributed by atoms with Gasteiger partial charge in [0.2, 0.25) is 0 Å². The molecule has 0 atom stereocenters. The number of anilines is 1. The quantitative estimate of drug-likeness (QED) is 0.923. The summed E-state index contributed by atoms with van der Waals surface area (Å²) in [6.07, 6.45) is 4.37. The van der Waals surface area contributed by atoms with E-state index in [1.807, 2.05) is 11.9 Å². The number of carbonyl (C=O) groups excluding carboxylic acids is 1. The molecule has 0 radical (unpaired) electrons. The van der Waals surface area contributed by atoms with Crippen LogP contribution < -0.4 is 5.32 Å². The molecule has 0 aromatic carbocycles. The normalized spacial score (nSPS) is 18.3. The molecule has 0 unspecified atom stereocenters. The van der Waals surface area contributed by atoms with Gasteiger partial charge in [-0.1, -0.05) is 25.4 Å². The molecule has 0 bridgehead atoms. The first-order chi connectivity index (χ1) is 9.84. The van der Waals surface area contributed by atoms with Crippen molar-refractivity contribution in [2.75, 3.05) is 19.4 Å². The van der Waals surface area contributed by atoms with Crippen LogP contribution in [0.15, 0.2) is 12.1 Å². The molecule has 1 aromatic rings. The van der Waals surface area contributed by atoms with E-state index in [0.717, 1.165) is 25.7 Å². The number of carbonyl (C=O) groups is 1. The third-order valence-corrected chi connectivity index (χ3v) is 4.79. The predicted octanol–water partition coefficient (Wildman–Crippen LogP) is 3.82. The lowest BCUT2D eigenvalue weighted by molar-refractivity contribution is 0.0630. The molecule has 1 saturated carbocycles. The summed E-state index contributed by atoms with van der Waals surface area (Å²) in [6, 6.07) is 3.76. The summed E-state index contributed by atoms with van der Waals surface area (Å²) in [7, 11) is 3.63. The minimum atomic E-state index is -0.0955. The average Bonchev–Trinajstić information content (AvgIpc) is 2.46. The minimum Gasteiger partial charge on any atom is -0.373 e. The van der Waals surface area contributed by atoms with Crippen molar-refractivity contribution < 1.29 is 4.79 Å². The molecule has 1 N–H and O–H groups in total. The van der Waals surface area contributed by atoms with Crippen molar-refractivity contribution in [2.24, 2.45) is 5.41 Å². The van der Waals surface area contributed by atoms with Crippen LogP contribution in [0.4, 0.5) is 5.82 Å². The lowest BCUT2D eigenvalue weighted by atomic mass is 9.75. The SMILES string of the molecule is CNc1ccc(Cl)c(C(=O)N(C)C2CCC(C)(C)CC2)n1. The van der Waals surface area contributed by atoms with Crippen molar-refractivity contribution >= 4 is 23.3 Å². The Morgan fingerprint density at radius 1 is 1.38 bits per heavy atom. The Balaban J connectivity index is 2.13. The molecule has 21 heavy (non-hydrogen) atoms. The molecule has 1 aliphatic carbocycles. The van der Waals surface area contributed by atoms with Crippen molar-refractivity contribution in [3.05, 3.63) is 22.8 Å². The van der Waals surface area contributed by atoms with Crippen LogP contribution in [0.2, 0.25) is 5.02 Å². The van der Waals surface area contributed by atoms with Crippen LogP contribution >= 0.6 is 11.6 Å². The zero-order valence-corrected chi connectivity index (χ0v) is 14.0. The monoisotopic (exact) mass is 309 g/mol. The highest BCUT2D eigenvalue weighted by molar-refractivity contribution is 6.33. The van der Waals surface area contributed by atoms with Crippen LogP contribution in [-0.2, 0) is 0 Å². The molecular formula is C16H24ClN3O. The maximum absolute atomic E-state index is 12.6. The maximum Gasteiger partial charge on any atom is 0.274 e. The molecule has 116 valence electrons. The van der Waals surface area contributed by atoms with Crippen molar-refractivity contribution in [2.45, 2.75) is 45.6 Å². The summed E-state index contributed by atoms with van der Waals surface area (Å²) in [4.78, 5) is 18.8. The third kappa shape index (κ3) is 3.67. The van der Waals surface area contributed by atoms with Crippen LogP contribution in [0.3, 0.4) is 0 Å². The Kier molecular flexibility index (Phi) is 4.77. The number of aromatic nitrogens is 1. The van der Waals surface area contributed by atoms with Gasteiger partial charge in [-0.25, -0.2) is 4.98 Å². The second-order valence-corrected chi connectivity index (χ2v) is 7.00. The lowest BCUT2D eigenvalue weighted by Crippen LogP contribution is -2.41. The smallest absolute Gasteiger partial charge is 0.274 e. The zero-order valence-electron chi connectivity index (χ0n) is 13.2. The molecule has 1 aromatic heterocycles. The standard InChI is InChI=1S/C16H24ClN3O/c1-16(2)9-7-11(8-10-16)20(4)15(21)14-12(17)5-6-13(18-3)19-14/h5-6,11H,7-10H2,1-4H3,(H,18,19). The summed E-state index contributed by atoms with van der Waals surface area (Å²) in [5.41, 5.74) is 0.721. The van der Waals surface area contributed by atoms with Gasteiger partial charge >= 0.3 is 0 Å². The molecule has 0 aliphatic heterocycles. The molecule has 0 spiro atoms. The lowest BCUT2D eigenvalue weighted by Gasteiger charge is -2.38. The predicted molar refractivity (Wildman–Crippen MR) is 86.9 cm³/mol. The first-order valence-corrected chi connectivity index (χ1v) is 7.83. The summed E-state index contributed by atoms with van der Waals surface area (Å²) < 4.78 is 0. The largest absolute Gasteiger partial charge is 0.373 e. The number of hydrogen-bond donors (Lipinski definition) is 1. The van der Waals surface area contributed by atoms with Gasteiger partial charge in [-0.15, -0.1) is 0 Å². The van der Waals surface area contributed by atoms with Gasteiger partial charge < -0.3 is 10.2 Å². The van der Waals surface area contributed by atoms with Crippen molar-refractivity contribution in [1.82, 2.24) is 9.88 Å². The van der Waals surface area contributed by atoms with E-state index in [1.165, 1.54) is 0 Å². The molecular weight excluding hydrogens is 286 g/mol. The van der Waals surface area contributed by atoms with Gasteiger partial charge in [-0.2, -0.15) is 0 Å². The van der Waals surface area contributed by atoms with E-state index in [-0.39, 0.29) is 11.9 Å². The number of halogens is 1. The number of pyridine rings is 1. The van der Waals surface area contributed by atoms with Gasteiger partial charge in [0.05, 0.1) is 5.02 Å². The highest BCUT2D eigenvalue weighted by Gasteiger charge is 2.31. The summed E-state index contributed by atoms with van der Waals surface area (Å²) in [5.74, 6) is 0.558. The van der Waals surface area contributed by atoms with Gasteiger partial charge in [-0.3, -0.25) is 4.79 Å². The Hall–Kier alpha value is -1.29. The van der Waals surface area contributed by atoms with E-state index >= 15 is 0 Å². The Labute approximate surface area is 131 Å². The molecule has 1 heterocycles. The van der Waals surface area contributed by atoms with Crippen LogP contribution in [0.1, 0.15) is 50.0 Å². The van der Waals surface area contributed by atoms with Crippen LogP contribution in [0.25, 0.3) is 0 Å². The molecule has 1 amide bonds. The third-order valence-electron chi connectivity index (χ3n) is 4.48. The fraction of sp³-hybridized carbons (Fsp3) is 0.625. The van der Waals surface area contributed by atoms with Gasteiger partial charge in [0.1, 0.15) is 11.5 Å². The first-order valence-electron chi connectivity index (χ1n) is 7.45. The molecule has 0 saturated heterocycles. The maximum atomic E-state index is 12.6. The number of rotatable bonds is 3. The van der Waals surface area contributed by atoms with Crippen molar-refractivity contribution in [1.29, 1.82) is 0 Å². The Morgan fingerprint density at radius 3 is 2.57 bits per heavy atom. The van der Waals surface area contributed by atoms with Crippen molar-refractivity contribution in [3.63, 3.8) is 0 Å². The van der Waals surface area contributed by atoms with E-state index in [4.69, 9.17) is 11.6 Å². The number of amides is 1. The van der Waals surface area contributed by atoms with Gasteiger partial charge in [-0.05, 0) is 43.2 Å². The summed E-state index contributed by atoms with van der Waals surface area (Å²) in [6.45, 7) is 4.58. The second-order valence-electron chi connectivity index (χ2n) is 6.59. The van der Waals surface area contributed by atoms with Crippen LogP contribution in [-0.4, -0.2) is 35.9 Å². The molecule has 1 aliphatic rings.